The largest absolute Gasteiger partial charge is 0.466 e. The Morgan fingerprint density at radius 3 is 1.71 bits per heavy atom. The summed E-state index contributed by atoms with van der Waals surface area (Å²) < 4.78 is 10.2. The van der Waals surface area contributed by atoms with Crippen molar-refractivity contribution in [3.63, 3.8) is 0 Å². The highest BCUT2D eigenvalue weighted by atomic mass is 16.5. The van der Waals surface area contributed by atoms with Crippen LogP contribution in [0.3, 0.4) is 0 Å². The lowest BCUT2D eigenvalue weighted by Crippen LogP contribution is -2.36. The van der Waals surface area contributed by atoms with Crippen LogP contribution < -0.4 is 0 Å². The van der Waals surface area contributed by atoms with Gasteiger partial charge in [0.2, 0.25) is 0 Å². The Morgan fingerprint density at radius 1 is 0.941 bits per heavy atom. The molecular formula is C13H20O4. The summed E-state index contributed by atoms with van der Waals surface area (Å²) in [5.41, 5.74) is 0. The van der Waals surface area contributed by atoms with Crippen LogP contribution in [0.4, 0.5) is 0 Å². The van der Waals surface area contributed by atoms with E-state index >= 15 is 0 Å². The lowest BCUT2D eigenvalue weighted by molar-refractivity contribution is -0.162. The number of hydrogen-bond donors (Lipinski definition) is 0. The molecule has 0 N–H and O–H groups in total. The van der Waals surface area contributed by atoms with Crippen molar-refractivity contribution >= 4 is 11.9 Å². The summed E-state index contributed by atoms with van der Waals surface area (Å²) >= 11 is 0. The van der Waals surface area contributed by atoms with Crippen LogP contribution in [0.1, 0.15) is 33.1 Å². The number of esters is 2. The highest BCUT2D eigenvalue weighted by Gasteiger charge is 2.55. The van der Waals surface area contributed by atoms with E-state index in [1.807, 2.05) is 0 Å². The fourth-order valence-corrected chi connectivity index (χ4v) is 3.45. The summed E-state index contributed by atoms with van der Waals surface area (Å²) in [6, 6.07) is 0. The third-order valence-electron chi connectivity index (χ3n) is 4.03. The van der Waals surface area contributed by atoms with Crippen molar-refractivity contribution in [1.82, 2.24) is 0 Å². The van der Waals surface area contributed by atoms with Gasteiger partial charge in [-0.1, -0.05) is 0 Å². The Balaban J connectivity index is 2.11. The zero-order valence-electron chi connectivity index (χ0n) is 10.5. The Labute approximate surface area is 102 Å². The molecule has 0 spiro atoms. The summed E-state index contributed by atoms with van der Waals surface area (Å²) in [6.45, 7) is 4.35. The minimum atomic E-state index is -0.257. The maximum Gasteiger partial charge on any atom is 0.310 e. The zero-order valence-corrected chi connectivity index (χ0v) is 10.5. The minimum Gasteiger partial charge on any atom is -0.466 e. The highest BCUT2D eigenvalue weighted by molar-refractivity contribution is 5.83. The molecule has 4 atom stereocenters. The fourth-order valence-electron chi connectivity index (χ4n) is 3.45. The third-order valence-corrected chi connectivity index (χ3v) is 4.03. The second kappa shape index (κ2) is 5.07. The maximum absolute atomic E-state index is 11.9. The van der Waals surface area contributed by atoms with E-state index in [4.69, 9.17) is 9.47 Å². The second-order valence-electron chi connectivity index (χ2n) is 4.89. The lowest BCUT2D eigenvalue weighted by Gasteiger charge is -2.27. The van der Waals surface area contributed by atoms with Gasteiger partial charge in [-0.15, -0.1) is 0 Å². The molecule has 2 aliphatic carbocycles. The number of carbonyl (C=O) groups excluding carboxylic acids is 2. The van der Waals surface area contributed by atoms with Gasteiger partial charge in [0.25, 0.3) is 0 Å². The van der Waals surface area contributed by atoms with Crippen LogP contribution >= 0.6 is 0 Å². The average Bonchev–Trinajstić information content (AvgIpc) is 2.89. The molecule has 0 aromatic heterocycles. The van der Waals surface area contributed by atoms with Gasteiger partial charge in [0.1, 0.15) is 0 Å². The minimum absolute atomic E-state index is 0.210. The molecule has 0 aromatic rings. The summed E-state index contributed by atoms with van der Waals surface area (Å²) in [4.78, 5) is 23.8. The van der Waals surface area contributed by atoms with E-state index in [1.54, 1.807) is 13.8 Å². The van der Waals surface area contributed by atoms with Crippen molar-refractivity contribution in [2.45, 2.75) is 33.1 Å². The van der Waals surface area contributed by atoms with Gasteiger partial charge < -0.3 is 9.47 Å². The van der Waals surface area contributed by atoms with Gasteiger partial charge in [-0.3, -0.25) is 9.59 Å². The van der Waals surface area contributed by atoms with Crippen LogP contribution in [-0.2, 0) is 19.1 Å². The van der Waals surface area contributed by atoms with Crippen LogP contribution in [0.15, 0.2) is 0 Å². The molecule has 2 fully saturated rings. The zero-order chi connectivity index (χ0) is 12.4. The van der Waals surface area contributed by atoms with E-state index in [-0.39, 0.29) is 23.8 Å². The van der Waals surface area contributed by atoms with Crippen molar-refractivity contribution in [3.05, 3.63) is 0 Å². The Hall–Kier alpha value is -1.06. The molecule has 4 heteroatoms. The van der Waals surface area contributed by atoms with Gasteiger partial charge in [0.05, 0.1) is 25.0 Å². The van der Waals surface area contributed by atoms with Gasteiger partial charge in [-0.05, 0) is 44.9 Å². The molecule has 2 aliphatic rings. The molecule has 96 valence electrons. The third kappa shape index (κ3) is 2.17. The van der Waals surface area contributed by atoms with Crippen LogP contribution in [0, 0.1) is 23.7 Å². The molecular weight excluding hydrogens is 220 g/mol. The predicted octanol–water partition coefficient (Wildman–Crippen LogP) is 1.77. The normalized spacial score (nSPS) is 34.7. The molecule has 2 saturated carbocycles. The molecule has 0 saturated heterocycles. The molecule has 0 aromatic carbocycles. The molecule has 0 heterocycles. The van der Waals surface area contributed by atoms with Crippen molar-refractivity contribution < 1.29 is 19.1 Å². The number of hydrogen-bond acceptors (Lipinski definition) is 4. The SMILES string of the molecule is CCOC(=O)C1C(C(=O)OCC)[C@H]2CC[C@@H]1C2. The first-order chi connectivity index (χ1) is 8.19. The van der Waals surface area contributed by atoms with Crippen molar-refractivity contribution in [2.75, 3.05) is 13.2 Å². The molecule has 0 radical (unpaired) electrons. The van der Waals surface area contributed by atoms with Gasteiger partial charge >= 0.3 is 11.9 Å². The summed E-state index contributed by atoms with van der Waals surface area (Å²) in [6.07, 6.45) is 3.07. The lowest BCUT2D eigenvalue weighted by atomic mass is 9.79. The maximum atomic E-state index is 11.9. The van der Waals surface area contributed by atoms with E-state index in [2.05, 4.69) is 0 Å². The topological polar surface area (TPSA) is 52.6 Å². The molecule has 0 aliphatic heterocycles. The monoisotopic (exact) mass is 240 g/mol. The smallest absolute Gasteiger partial charge is 0.310 e. The van der Waals surface area contributed by atoms with Crippen LogP contribution in [0.5, 0.6) is 0 Å². The average molecular weight is 240 g/mol. The standard InChI is InChI=1S/C13H20O4/c1-3-16-12(14)10-8-5-6-9(7-8)11(10)13(15)17-4-2/h8-11H,3-7H2,1-2H3/t8-,9+,10?,11?. The molecule has 17 heavy (non-hydrogen) atoms. The summed E-state index contributed by atoms with van der Waals surface area (Å²) in [5, 5.41) is 0. The first kappa shape index (κ1) is 12.4. The highest BCUT2D eigenvalue weighted by Crippen LogP contribution is 2.53. The van der Waals surface area contributed by atoms with Gasteiger partial charge in [-0.2, -0.15) is 0 Å². The van der Waals surface area contributed by atoms with Gasteiger partial charge in [0, 0.05) is 0 Å². The Morgan fingerprint density at radius 2 is 1.35 bits per heavy atom. The van der Waals surface area contributed by atoms with E-state index < -0.39 is 0 Å². The first-order valence-corrected chi connectivity index (χ1v) is 6.52. The van der Waals surface area contributed by atoms with Crippen molar-refractivity contribution in [3.8, 4) is 0 Å². The van der Waals surface area contributed by atoms with E-state index in [9.17, 15) is 9.59 Å². The van der Waals surface area contributed by atoms with Crippen LogP contribution in [-0.4, -0.2) is 25.2 Å². The molecule has 2 bridgehead atoms. The number of fused-ring (bicyclic) bond motifs is 2. The Kier molecular flexibility index (Phi) is 3.69. The van der Waals surface area contributed by atoms with Crippen molar-refractivity contribution in [1.29, 1.82) is 0 Å². The van der Waals surface area contributed by atoms with Crippen molar-refractivity contribution in [2.24, 2.45) is 23.7 Å². The van der Waals surface area contributed by atoms with Gasteiger partial charge in [0.15, 0.2) is 0 Å². The van der Waals surface area contributed by atoms with Crippen LogP contribution in [0.25, 0.3) is 0 Å². The van der Waals surface area contributed by atoms with E-state index in [1.165, 1.54) is 0 Å². The van der Waals surface area contributed by atoms with E-state index in [0.29, 0.717) is 25.0 Å². The first-order valence-electron chi connectivity index (χ1n) is 6.52. The predicted molar refractivity (Wildman–Crippen MR) is 61.1 cm³/mol. The molecule has 4 nitrogen and oxygen atoms in total. The summed E-state index contributed by atoms with van der Waals surface area (Å²) in [5.74, 6) is -0.280. The van der Waals surface area contributed by atoms with Crippen LogP contribution in [0.2, 0.25) is 0 Å². The quantitative estimate of drug-likeness (QED) is 0.703. The molecule has 0 amide bonds. The van der Waals surface area contributed by atoms with Gasteiger partial charge in [-0.25, -0.2) is 0 Å². The molecule has 2 rings (SSSR count). The fraction of sp³-hybridized carbons (Fsp3) is 0.846. The summed E-state index contributed by atoms with van der Waals surface area (Å²) in [7, 11) is 0. The number of ether oxygens (including phenoxy) is 2. The Bertz CT molecular complexity index is 283. The number of carbonyl (C=O) groups is 2. The number of rotatable bonds is 4. The van der Waals surface area contributed by atoms with E-state index in [0.717, 1.165) is 19.3 Å². The molecule has 2 unspecified atom stereocenters. The second-order valence-corrected chi connectivity index (χ2v) is 4.89.